The molecule has 1 saturated carbocycles. The van der Waals surface area contributed by atoms with Crippen molar-refractivity contribution in [2.45, 2.75) is 51.2 Å². The molecule has 1 aliphatic rings. The summed E-state index contributed by atoms with van der Waals surface area (Å²) in [5.41, 5.74) is 7.36. The molecule has 88 valence electrons. The van der Waals surface area contributed by atoms with Crippen molar-refractivity contribution in [3.8, 4) is 5.75 Å². The summed E-state index contributed by atoms with van der Waals surface area (Å²) in [5, 5.41) is 0. The second-order valence-corrected chi connectivity index (χ2v) is 4.65. The predicted octanol–water partition coefficient (Wildman–Crippen LogP) is 2.90. The average Bonchev–Trinajstić information content (AvgIpc) is 2.68. The molecule has 2 atom stereocenters. The second kappa shape index (κ2) is 5.35. The Bertz CT molecular complexity index is 320. The summed E-state index contributed by atoms with van der Waals surface area (Å²) in [6, 6.07) is 8.65. The second-order valence-electron chi connectivity index (χ2n) is 4.65. The lowest BCUT2D eigenvalue weighted by atomic mass is 10.1. The first kappa shape index (κ1) is 11.5. The first-order chi connectivity index (χ1) is 7.79. The van der Waals surface area contributed by atoms with Crippen LogP contribution in [0, 0.1) is 0 Å². The highest BCUT2D eigenvalue weighted by Gasteiger charge is 2.25. The molecule has 1 aliphatic carbocycles. The van der Waals surface area contributed by atoms with Crippen molar-refractivity contribution in [1.82, 2.24) is 0 Å². The molecule has 2 unspecified atom stereocenters. The average molecular weight is 219 g/mol. The van der Waals surface area contributed by atoms with Gasteiger partial charge in [0, 0.05) is 6.04 Å². The number of hydrogen-bond donors (Lipinski definition) is 1. The van der Waals surface area contributed by atoms with E-state index in [1.165, 1.54) is 18.4 Å². The van der Waals surface area contributed by atoms with Crippen molar-refractivity contribution in [3.63, 3.8) is 0 Å². The van der Waals surface area contributed by atoms with E-state index in [1.54, 1.807) is 0 Å². The fraction of sp³-hybridized carbons (Fsp3) is 0.571. The van der Waals surface area contributed by atoms with Crippen LogP contribution in [0.2, 0.25) is 0 Å². The van der Waals surface area contributed by atoms with E-state index in [4.69, 9.17) is 10.5 Å². The van der Waals surface area contributed by atoms with Gasteiger partial charge in [0.25, 0.3) is 0 Å². The molecule has 0 saturated heterocycles. The number of aryl methyl sites for hydroxylation is 1. The van der Waals surface area contributed by atoms with Crippen LogP contribution < -0.4 is 10.5 Å². The minimum atomic E-state index is 0.218. The van der Waals surface area contributed by atoms with E-state index >= 15 is 0 Å². The van der Waals surface area contributed by atoms with Crippen molar-refractivity contribution >= 4 is 0 Å². The van der Waals surface area contributed by atoms with Crippen LogP contribution in [0.25, 0.3) is 0 Å². The molecule has 2 heteroatoms. The maximum absolute atomic E-state index is 5.98. The van der Waals surface area contributed by atoms with Gasteiger partial charge >= 0.3 is 0 Å². The fourth-order valence-electron chi connectivity index (χ4n) is 2.30. The van der Waals surface area contributed by atoms with Crippen LogP contribution in [-0.4, -0.2) is 12.1 Å². The Hall–Kier alpha value is -1.02. The largest absolute Gasteiger partial charge is 0.489 e. The van der Waals surface area contributed by atoms with Crippen LogP contribution >= 0.6 is 0 Å². The number of benzene rings is 1. The third kappa shape index (κ3) is 2.76. The Kier molecular flexibility index (Phi) is 3.83. The molecule has 2 nitrogen and oxygen atoms in total. The minimum Gasteiger partial charge on any atom is -0.489 e. The summed E-state index contributed by atoms with van der Waals surface area (Å²) in [4.78, 5) is 0. The summed E-state index contributed by atoms with van der Waals surface area (Å²) < 4.78 is 5.90. The van der Waals surface area contributed by atoms with Gasteiger partial charge in [-0.15, -0.1) is 0 Å². The van der Waals surface area contributed by atoms with E-state index < -0.39 is 0 Å². The lowest BCUT2D eigenvalue weighted by molar-refractivity contribution is 0.191. The Balaban J connectivity index is 1.94. The normalized spacial score (nSPS) is 24.6. The van der Waals surface area contributed by atoms with E-state index in [9.17, 15) is 0 Å². The molecule has 0 amide bonds. The van der Waals surface area contributed by atoms with E-state index in [2.05, 4.69) is 31.2 Å². The summed E-state index contributed by atoms with van der Waals surface area (Å²) in [6.07, 6.45) is 5.93. The van der Waals surface area contributed by atoms with Gasteiger partial charge in [-0.1, -0.05) is 25.5 Å². The van der Waals surface area contributed by atoms with Crippen LogP contribution in [0.15, 0.2) is 24.3 Å². The van der Waals surface area contributed by atoms with E-state index in [-0.39, 0.29) is 12.1 Å². The summed E-state index contributed by atoms with van der Waals surface area (Å²) in [6.45, 7) is 2.20. The van der Waals surface area contributed by atoms with Gasteiger partial charge in [-0.3, -0.25) is 0 Å². The zero-order chi connectivity index (χ0) is 11.4. The topological polar surface area (TPSA) is 35.2 Å². The van der Waals surface area contributed by atoms with Gasteiger partial charge < -0.3 is 10.5 Å². The SMILES string of the molecule is CCCc1ccc(OC2CCCC2N)cc1. The highest BCUT2D eigenvalue weighted by Crippen LogP contribution is 2.23. The number of ether oxygens (including phenoxy) is 1. The highest BCUT2D eigenvalue weighted by atomic mass is 16.5. The molecule has 2 N–H and O–H groups in total. The van der Waals surface area contributed by atoms with Crippen LogP contribution in [0.5, 0.6) is 5.75 Å². The van der Waals surface area contributed by atoms with E-state index in [0.717, 1.165) is 25.0 Å². The third-order valence-corrected chi connectivity index (χ3v) is 3.25. The van der Waals surface area contributed by atoms with Crippen molar-refractivity contribution in [2.24, 2.45) is 5.73 Å². The first-order valence-corrected chi connectivity index (χ1v) is 6.31. The van der Waals surface area contributed by atoms with E-state index in [1.807, 2.05) is 0 Å². The van der Waals surface area contributed by atoms with Gasteiger partial charge in [0.1, 0.15) is 11.9 Å². The Morgan fingerprint density at radius 1 is 1.25 bits per heavy atom. The van der Waals surface area contributed by atoms with E-state index in [0.29, 0.717) is 0 Å². The summed E-state index contributed by atoms with van der Waals surface area (Å²) in [5.74, 6) is 0.960. The molecule has 1 aromatic rings. The number of hydrogen-bond acceptors (Lipinski definition) is 2. The lowest BCUT2D eigenvalue weighted by Crippen LogP contribution is -2.33. The van der Waals surface area contributed by atoms with Crippen LogP contribution in [0.4, 0.5) is 0 Å². The molecule has 0 bridgehead atoms. The molecule has 16 heavy (non-hydrogen) atoms. The van der Waals surface area contributed by atoms with Crippen molar-refractivity contribution < 1.29 is 4.74 Å². The smallest absolute Gasteiger partial charge is 0.119 e. The van der Waals surface area contributed by atoms with Gasteiger partial charge in [0.2, 0.25) is 0 Å². The van der Waals surface area contributed by atoms with Gasteiger partial charge in [-0.2, -0.15) is 0 Å². The van der Waals surface area contributed by atoms with Crippen LogP contribution in [0.1, 0.15) is 38.2 Å². The zero-order valence-electron chi connectivity index (χ0n) is 9.99. The molecule has 1 fully saturated rings. The Morgan fingerprint density at radius 2 is 2.00 bits per heavy atom. The lowest BCUT2D eigenvalue weighted by Gasteiger charge is -2.17. The Labute approximate surface area is 97.8 Å². The highest BCUT2D eigenvalue weighted by molar-refractivity contribution is 5.27. The Morgan fingerprint density at radius 3 is 2.56 bits per heavy atom. The van der Waals surface area contributed by atoms with Crippen molar-refractivity contribution in [2.75, 3.05) is 0 Å². The fourth-order valence-corrected chi connectivity index (χ4v) is 2.30. The van der Waals surface area contributed by atoms with Crippen molar-refractivity contribution in [3.05, 3.63) is 29.8 Å². The van der Waals surface area contributed by atoms with Crippen LogP contribution in [-0.2, 0) is 6.42 Å². The monoisotopic (exact) mass is 219 g/mol. The standard InChI is InChI=1S/C14H21NO/c1-2-4-11-7-9-12(10-8-11)16-14-6-3-5-13(14)15/h7-10,13-14H,2-6,15H2,1H3. The van der Waals surface area contributed by atoms with Crippen molar-refractivity contribution in [1.29, 1.82) is 0 Å². The number of rotatable bonds is 4. The quantitative estimate of drug-likeness (QED) is 0.845. The molecule has 0 radical (unpaired) electrons. The molecule has 2 rings (SSSR count). The van der Waals surface area contributed by atoms with Gasteiger partial charge in [0.15, 0.2) is 0 Å². The van der Waals surface area contributed by atoms with Gasteiger partial charge in [-0.25, -0.2) is 0 Å². The maximum Gasteiger partial charge on any atom is 0.119 e. The summed E-state index contributed by atoms with van der Waals surface area (Å²) >= 11 is 0. The molecule has 1 aromatic carbocycles. The molecule has 0 aliphatic heterocycles. The van der Waals surface area contributed by atoms with Gasteiger partial charge in [0.05, 0.1) is 0 Å². The maximum atomic E-state index is 5.98. The minimum absolute atomic E-state index is 0.218. The molecule has 0 aromatic heterocycles. The third-order valence-electron chi connectivity index (χ3n) is 3.25. The van der Waals surface area contributed by atoms with Gasteiger partial charge in [-0.05, 0) is 43.4 Å². The number of nitrogens with two attached hydrogens (primary N) is 1. The first-order valence-electron chi connectivity index (χ1n) is 6.31. The molecular weight excluding hydrogens is 198 g/mol. The molecule has 0 spiro atoms. The molecular formula is C14H21NO. The zero-order valence-corrected chi connectivity index (χ0v) is 9.99. The summed E-state index contributed by atoms with van der Waals surface area (Å²) in [7, 11) is 0. The predicted molar refractivity (Wildman–Crippen MR) is 66.7 cm³/mol. The van der Waals surface area contributed by atoms with Crippen LogP contribution in [0.3, 0.4) is 0 Å². The molecule has 0 heterocycles.